The zero-order valence-electron chi connectivity index (χ0n) is 47.4. The molecular weight excluding hydrogens is 953 g/mol. The molecule has 2 aliphatic carbocycles. The van der Waals surface area contributed by atoms with Crippen LogP contribution in [0.2, 0.25) is 0 Å². The molecule has 2 N–H and O–H groups in total. The van der Waals surface area contributed by atoms with Crippen LogP contribution in [0.1, 0.15) is 147 Å². The molecule has 78 heavy (non-hydrogen) atoms. The maximum atomic E-state index is 6.07. The van der Waals surface area contributed by atoms with Crippen LogP contribution in [-0.4, -0.2) is 34.2 Å². The maximum absolute atomic E-state index is 6.07. The second kappa shape index (κ2) is 19.6. The topological polar surface area (TPSA) is 75.8 Å². The van der Waals surface area contributed by atoms with Gasteiger partial charge in [0.2, 0.25) is 0 Å². The van der Waals surface area contributed by atoms with Gasteiger partial charge in [-0.3, -0.25) is 0 Å². The number of rotatable bonds is 6. The highest BCUT2D eigenvalue weighted by Gasteiger charge is 2.33. The average Bonchev–Trinajstić information content (AvgIpc) is 4.28. The van der Waals surface area contributed by atoms with Crippen LogP contribution in [0, 0.1) is 13.8 Å². The molecule has 0 fully saturated rings. The Kier molecular flexibility index (Phi) is 12.6. The first-order valence-electron chi connectivity index (χ1n) is 29.0. The predicted octanol–water partition coefficient (Wildman–Crippen LogP) is 18.8. The number of allylic oxidation sites excluding steroid dienone is 4. The van der Waals surface area contributed by atoms with Crippen LogP contribution in [0.3, 0.4) is 0 Å². The number of fused-ring (bicyclic) bond motifs is 1. The van der Waals surface area contributed by atoms with E-state index in [9.17, 15) is 0 Å². The summed E-state index contributed by atoms with van der Waals surface area (Å²) in [6.45, 7) is 18.4. The second-order valence-electron chi connectivity index (χ2n) is 22.5. The Balaban J connectivity index is 1.10. The monoisotopic (exact) mass is 1020 g/mol. The standard InChI is InChI=1S/C72H72N4O2/c1-11-47-39(5)69-67-55-27-20-26-53-57-33-43(30-32-54(57)65(53)55)21-15-17-23-45-35-64(78-10)46(36-63(45)77-9)24-18-16-22-44-29-31-51-52-25-19-28-56(66(52)58(51)34-44)68(71-41(7)49(13-3)61(75-71)37-59(47)73-69)72-42(8)50(14-4)62(76-72)38-60-48(12-2)40(6)70(67)74-60/h19-20,25-38,75-76H,11-18,21-24H2,1-10H3. The summed E-state index contributed by atoms with van der Waals surface area (Å²) in [6.07, 6.45) is 11.7. The smallest absolute Gasteiger partial charge is 0.122 e. The van der Waals surface area contributed by atoms with Gasteiger partial charge in [-0.25, -0.2) is 9.97 Å². The summed E-state index contributed by atoms with van der Waals surface area (Å²) >= 11 is 0. The van der Waals surface area contributed by atoms with Crippen molar-refractivity contribution in [1.29, 1.82) is 0 Å². The molecule has 20 bridgehead atoms. The van der Waals surface area contributed by atoms with Crippen molar-refractivity contribution in [1.82, 2.24) is 19.9 Å². The molecule has 0 spiro atoms. The Morgan fingerprint density at radius 1 is 0.423 bits per heavy atom. The van der Waals surface area contributed by atoms with Crippen molar-refractivity contribution in [3.05, 3.63) is 164 Å². The van der Waals surface area contributed by atoms with Crippen molar-refractivity contribution < 1.29 is 9.47 Å². The number of aromatic amines is 2. The number of aromatic nitrogens is 4. The summed E-state index contributed by atoms with van der Waals surface area (Å²) in [5.41, 5.74) is 39.4. The van der Waals surface area contributed by atoms with Crippen LogP contribution >= 0.6 is 0 Å². The zero-order valence-corrected chi connectivity index (χ0v) is 47.4. The average molecular weight is 1030 g/mol. The molecule has 13 aliphatic rings. The molecule has 3 aromatic heterocycles. The lowest BCUT2D eigenvalue weighted by atomic mass is 9.75. The number of methoxy groups -OCH3 is 2. The van der Waals surface area contributed by atoms with Crippen LogP contribution in [0.5, 0.6) is 11.5 Å². The molecule has 0 saturated heterocycles. The normalized spacial score (nSPS) is 14.5. The third-order valence-electron chi connectivity index (χ3n) is 18.4. The van der Waals surface area contributed by atoms with Gasteiger partial charge in [0.1, 0.15) is 11.5 Å². The molecule has 392 valence electrons. The van der Waals surface area contributed by atoms with E-state index in [1.807, 2.05) is 14.2 Å². The predicted molar refractivity (Wildman–Crippen MR) is 327 cm³/mol. The van der Waals surface area contributed by atoms with E-state index in [0.29, 0.717) is 0 Å². The highest BCUT2D eigenvalue weighted by atomic mass is 16.5. The lowest BCUT2D eigenvalue weighted by Crippen LogP contribution is -2.04. The SMILES string of the molecule is CCC1=C(C)c2nc1cc1[nH]c(c(C)c1CC)c1c3[nH]c(cc4nc(c2-c2cccc5c2-c2ccc(cc2-5)CCCCc2cc(OC)c(cc2OC)CCCCc2ccc5c(c2)-c2c-5cccc2-1)C(C)=C4CC)c(CC)c3C. The van der Waals surface area contributed by atoms with Gasteiger partial charge < -0.3 is 19.4 Å². The number of benzene rings is 5. The van der Waals surface area contributed by atoms with Gasteiger partial charge in [0.15, 0.2) is 0 Å². The molecule has 0 saturated carbocycles. The minimum atomic E-state index is 0.865. The van der Waals surface area contributed by atoms with Crippen molar-refractivity contribution in [2.75, 3.05) is 14.2 Å². The Morgan fingerprint density at radius 3 is 1.37 bits per heavy atom. The molecule has 11 aliphatic heterocycles. The largest absolute Gasteiger partial charge is 0.496 e. The molecule has 21 rings (SSSR count). The molecule has 0 atom stereocenters. The van der Waals surface area contributed by atoms with Crippen LogP contribution < -0.4 is 9.47 Å². The summed E-state index contributed by atoms with van der Waals surface area (Å²) in [4.78, 5) is 20.0. The van der Waals surface area contributed by atoms with Gasteiger partial charge in [0, 0.05) is 22.2 Å². The number of aryl methyl sites for hydroxylation is 8. The number of hydrogen-bond donors (Lipinski definition) is 2. The van der Waals surface area contributed by atoms with Gasteiger partial charge in [-0.15, -0.1) is 0 Å². The molecule has 5 aromatic carbocycles. The number of nitrogens with one attached hydrogen (secondary N) is 2. The first kappa shape index (κ1) is 49.8. The number of ether oxygens (including phenoxy) is 2. The van der Waals surface area contributed by atoms with Crippen LogP contribution in [0.25, 0.3) is 111 Å². The van der Waals surface area contributed by atoms with Gasteiger partial charge >= 0.3 is 0 Å². The highest BCUT2D eigenvalue weighted by molar-refractivity contribution is 6.15. The Bertz CT molecular complexity index is 3970. The van der Waals surface area contributed by atoms with Gasteiger partial charge in [-0.1, -0.05) is 100 Å². The molecule has 0 amide bonds. The molecule has 8 aromatic rings. The Hall–Kier alpha value is -7.70. The lowest BCUT2D eigenvalue weighted by Gasteiger charge is -2.28. The quantitative estimate of drug-likeness (QED) is 0.174. The first-order chi connectivity index (χ1) is 38.1. The molecule has 6 heteroatoms. The summed E-state index contributed by atoms with van der Waals surface area (Å²) in [6, 6.07) is 37.5. The summed E-state index contributed by atoms with van der Waals surface area (Å²) in [5.74, 6) is 1.93. The van der Waals surface area contributed by atoms with Crippen molar-refractivity contribution >= 4 is 44.4 Å². The van der Waals surface area contributed by atoms with Crippen molar-refractivity contribution in [2.24, 2.45) is 0 Å². The van der Waals surface area contributed by atoms with Gasteiger partial charge in [-0.2, -0.15) is 0 Å². The number of nitrogens with zero attached hydrogens (tertiary/aromatic N) is 2. The van der Waals surface area contributed by atoms with Crippen molar-refractivity contribution in [2.45, 2.75) is 132 Å². The molecular formula is C72H72N4O2. The summed E-state index contributed by atoms with van der Waals surface area (Å²) in [7, 11) is 3.62. The van der Waals surface area contributed by atoms with Crippen LogP contribution in [0.4, 0.5) is 0 Å². The van der Waals surface area contributed by atoms with Crippen molar-refractivity contribution in [3.63, 3.8) is 0 Å². The fourth-order valence-electron chi connectivity index (χ4n) is 14.3. The summed E-state index contributed by atoms with van der Waals surface area (Å²) in [5, 5.41) is 0. The molecule has 6 nitrogen and oxygen atoms in total. The van der Waals surface area contributed by atoms with E-state index in [-0.39, 0.29) is 0 Å². The summed E-state index contributed by atoms with van der Waals surface area (Å²) < 4.78 is 12.1. The van der Waals surface area contributed by atoms with E-state index in [1.54, 1.807) is 0 Å². The van der Waals surface area contributed by atoms with Crippen LogP contribution in [-0.2, 0) is 38.5 Å². The van der Waals surface area contributed by atoms with E-state index in [4.69, 9.17) is 19.4 Å². The Labute approximate surface area is 460 Å². The number of hydrogen-bond acceptors (Lipinski definition) is 4. The van der Waals surface area contributed by atoms with Crippen LogP contribution in [0.15, 0.2) is 97.1 Å². The van der Waals surface area contributed by atoms with Gasteiger partial charge in [0.05, 0.1) is 48.0 Å². The third kappa shape index (κ3) is 7.71. The van der Waals surface area contributed by atoms with Crippen molar-refractivity contribution in [3.8, 4) is 78.3 Å². The van der Waals surface area contributed by atoms with Gasteiger partial charge in [0.25, 0.3) is 0 Å². The fraction of sp³-hybridized carbons (Fsp3) is 0.306. The van der Waals surface area contributed by atoms with E-state index in [0.717, 1.165) is 139 Å². The molecule has 14 heterocycles. The molecule has 0 unspecified atom stereocenters. The van der Waals surface area contributed by atoms with E-state index in [1.165, 1.54) is 128 Å². The molecule has 0 radical (unpaired) electrons. The zero-order chi connectivity index (χ0) is 53.7. The minimum Gasteiger partial charge on any atom is -0.496 e. The van der Waals surface area contributed by atoms with E-state index >= 15 is 0 Å². The fourth-order valence-corrected chi connectivity index (χ4v) is 14.3. The maximum Gasteiger partial charge on any atom is 0.122 e. The number of H-pyrrole nitrogens is 2. The lowest BCUT2D eigenvalue weighted by molar-refractivity contribution is 0.393. The van der Waals surface area contributed by atoms with E-state index < -0.39 is 0 Å². The Morgan fingerprint density at radius 2 is 0.872 bits per heavy atom. The second-order valence-corrected chi connectivity index (χ2v) is 22.5. The third-order valence-corrected chi connectivity index (χ3v) is 18.4. The minimum absolute atomic E-state index is 0.865. The van der Waals surface area contributed by atoms with Gasteiger partial charge in [-0.05, 0) is 251 Å². The van der Waals surface area contributed by atoms with E-state index in [2.05, 4.69) is 162 Å². The first-order valence-corrected chi connectivity index (χ1v) is 29.0. The highest BCUT2D eigenvalue weighted by Crippen LogP contribution is 2.56.